The number of benzene rings is 1. The molecule has 0 saturated heterocycles. The van der Waals surface area contributed by atoms with Gasteiger partial charge in [-0.25, -0.2) is 4.98 Å². The van der Waals surface area contributed by atoms with E-state index in [2.05, 4.69) is 33.2 Å². The van der Waals surface area contributed by atoms with Crippen molar-refractivity contribution in [3.8, 4) is 10.6 Å². The number of aromatic nitrogens is 1. The van der Waals surface area contributed by atoms with Crippen LogP contribution in [0.15, 0.2) is 34.1 Å². The van der Waals surface area contributed by atoms with Gasteiger partial charge < -0.3 is 5.11 Å². The van der Waals surface area contributed by atoms with Crippen LogP contribution in [-0.2, 0) is 11.3 Å². The van der Waals surface area contributed by atoms with Crippen molar-refractivity contribution >= 4 is 33.2 Å². The minimum atomic E-state index is -0.795. The van der Waals surface area contributed by atoms with E-state index in [0.29, 0.717) is 13.0 Å². The number of unbranched alkanes of at least 4 members (excludes halogenated alkanes) is 1. The third-order valence-corrected chi connectivity index (χ3v) is 4.73. The maximum atomic E-state index is 11.2. The zero-order chi connectivity index (χ0) is 15.9. The van der Waals surface area contributed by atoms with Gasteiger partial charge in [-0.1, -0.05) is 47.8 Å². The SMILES string of the molecule is CCCCC(NCc1csc(-c2cccc(Br)c2)n1)C(=O)O. The maximum absolute atomic E-state index is 11.2. The Labute approximate surface area is 142 Å². The lowest BCUT2D eigenvalue weighted by Gasteiger charge is -2.12. The average Bonchev–Trinajstić information content (AvgIpc) is 2.96. The Morgan fingerprint density at radius 3 is 3.00 bits per heavy atom. The molecule has 1 aromatic heterocycles. The van der Waals surface area contributed by atoms with Gasteiger partial charge in [0.2, 0.25) is 0 Å². The smallest absolute Gasteiger partial charge is 0.320 e. The number of carbonyl (C=O) groups is 1. The van der Waals surface area contributed by atoms with E-state index in [0.717, 1.165) is 33.6 Å². The van der Waals surface area contributed by atoms with Gasteiger partial charge in [0.25, 0.3) is 0 Å². The molecule has 22 heavy (non-hydrogen) atoms. The zero-order valence-corrected chi connectivity index (χ0v) is 14.8. The third kappa shape index (κ3) is 4.90. The van der Waals surface area contributed by atoms with Crippen molar-refractivity contribution < 1.29 is 9.90 Å². The minimum absolute atomic E-state index is 0.477. The molecule has 0 aliphatic carbocycles. The number of aliphatic carboxylic acids is 1. The van der Waals surface area contributed by atoms with Crippen molar-refractivity contribution in [1.29, 1.82) is 0 Å². The molecular formula is C16H19BrN2O2S. The van der Waals surface area contributed by atoms with E-state index in [1.807, 2.05) is 29.6 Å². The summed E-state index contributed by atoms with van der Waals surface area (Å²) in [5, 5.41) is 15.2. The van der Waals surface area contributed by atoms with Crippen LogP contribution < -0.4 is 5.32 Å². The van der Waals surface area contributed by atoms with E-state index >= 15 is 0 Å². The summed E-state index contributed by atoms with van der Waals surface area (Å²) in [6.07, 6.45) is 2.55. The number of nitrogens with zero attached hydrogens (tertiary/aromatic N) is 1. The summed E-state index contributed by atoms with van der Waals surface area (Å²) >= 11 is 5.03. The molecule has 0 radical (unpaired) electrons. The van der Waals surface area contributed by atoms with Gasteiger partial charge in [-0.3, -0.25) is 10.1 Å². The Bertz CT molecular complexity index is 630. The van der Waals surface area contributed by atoms with E-state index in [1.165, 1.54) is 0 Å². The summed E-state index contributed by atoms with van der Waals surface area (Å²) in [5.74, 6) is -0.795. The highest BCUT2D eigenvalue weighted by molar-refractivity contribution is 9.10. The van der Waals surface area contributed by atoms with Crippen molar-refractivity contribution in [3.63, 3.8) is 0 Å². The maximum Gasteiger partial charge on any atom is 0.320 e. The molecule has 1 aromatic carbocycles. The number of carboxylic acids is 1. The molecule has 118 valence electrons. The van der Waals surface area contributed by atoms with Crippen LogP contribution in [0.3, 0.4) is 0 Å². The lowest BCUT2D eigenvalue weighted by atomic mass is 10.1. The zero-order valence-electron chi connectivity index (χ0n) is 12.4. The number of hydrogen-bond acceptors (Lipinski definition) is 4. The van der Waals surface area contributed by atoms with Crippen LogP contribution in [0.1, 0.15) is 31.9 Å². The molecule has 0 aliphatic heterocycles. The number of hydrogen-bond donors (Lipinski definition) is 2. The number of rotatable bonds is 8. The second kappa shape index (κ2) is 8.41. The fourth-order valence-corrected chi connectivity index (χ4v) is 3.31. The minimum Gasteiger partial charge on any atom is -0.480 e. The highest BCUT2D eigenvalue weighted by atomic mass is 79.9. The van der Waals surface area contributed by atoms with Crippen LogP contribution in [0.2, 0.25) is 0 Å². The van der Waals surface area contributed by atoms with Crippen LogP contribution >= 0.6 is 27.3 Å². The molecule has 0 aliphatic rings. The molecule has 1 heterocycles. The lowest BCUT2D eigenvalue weighted by molar-refractivity contribution is -0.139. The fourth-order valence-electron chi connectivity index (χ4n) is 2.09. The fraction of sp³-hybridized carbons (Fsp3) is 0.375. The standard InChI is InChI=1S/C16H19BrN2O2S/c1-2-3-7-14(16(20)21)18-9-13-10-22-15(19-13)11-5-4-6-12(17)8-11/h4-6,8,10,14,18H,2-3,7,9H2,1H3,(H,20,21). The number of thiazole rings is 1. The average molecular weight is 383 g/mol. The molecule has 2 aromatic rings. The molecular weight excluding hydrogens is 364 g/mol. The second-order valence-electron chi connectivity index (χ2n) is 5.07. The predicted molar refractivity (Wildman–Crippen MR) is 93.0 cm³/mol. The molecule has 2 N–H and O–H groups in total. The molecule has 0 amide bonds. The Hall–Kier alpha value is -1.24. The van der Waals surface area contributed by atoms with E-state index in [-0.39, 0.29) is 0 Å². The first kappa shape index (κ1) is 17.1. The monoisotopic (exact) mass is 382 g/mol. The normalized spacial score (nSPS) is 12.3. The van der Waals surface area contributed by atoms with Crippen molar-refractivity contribution in [2.75, 3.05) is 0 Å². The molecule has 0 saturated carbocycles. The van der Waals surface area contributed by atoms with Crippen molar-refractivity contribution in [3.05, 3.63) is 39.8 Å². The first-order chi connectivity index (χ1) is 10.6. The molecule has 0 spiro atoms. The predicted octanol–water partition coefficient (Wildman–Crippen LogP) is 4.31. The summed E-state index contributed by atoms with van der Waals surface area (Å²) in [6.45, 7) is 2.54. The van der Waals surface area contributed by atoms with Gasteiger partial charge in [0.15, 0.2) is 0 Å². The van der Waals surface area contributed by atoms with Gasteiger partial charge in [-0.05, 0) is 18.6 Å². The molecule has 6 heteroatoms. The highest BCUT2D eigenvalue weighted by Gasteiger charge is 2.16. The first-order valence-corrected chi connectivity index (χ1v) is 8.94. The topological polar surface area (TPSA) is 62.2 Å². The van der Waals surface area contributed by atoms with Crippen molar-refractivity contribution in [2.45, 2.75) is 38.8 Å². The van der Waals surface area contributed by atoms with E-state index in [1.54, 1.807) is 11.3 Å². The lowest BCUT2D eigenvalue weighted by Crippen LogP contribution is -2.36. The first-order valence-electron chi connectivity index (χ1n) is 7.26. The molecule has 4 nitrogen and oxygen atoms in total. The summed E-state index contributed by atoms with van der Waals surface area (Å²) in [6, 6.07) is 7.49. The van der Waals surface area contributed by atoms with Crippen LogP contribution in [0.25, 0.3) is 10.6 Å². The number of halogens is 1. The van der Waals surface area contributed by atoms with Crippen molar-refractivity contribution in [1.82, 2.24) is 10.3 Å². The van der Waals surface area contributed by atoms with Crippen molar-refractivity contribution in [2.24, 2.45) is 0 Å². The number of nitrogens with one attached hydrogen (secondary N) is 1. The van der Waals surface area contributed by atoms with Gasteiger partial charge in [-0.15, -0.1) is 11.3 Å². The quantitative estimate of drug-likeness (QED) is 0.713. The summed E-state index contributed by atoms with van der Waals surface area (Å²) in [5.41, 5.74) is 1.94. The van der Waals surface area contributed by atoms with Gasteiger partial charge in [-0.2, -0.15) is 0 Å². The Morgan fingerprint density at radius 1 is 1.50 bits per heavy atom. The Kier molecular flexibility index (Phi) is 6.54. The summed E-state index contributed by atoms with van der Waals surface area (Å²) in [7, 11) is 0. The summed E-state index contributed by atoms with van der Waals surface area (Å²) in [4.78, 5) is 15.8. The Balaban J connectivity index is 1.98. The van der Waals surface area contributed by atoms with Crippen LogP contribution in [0, 0.1) is 0 Å². The summed E-state index contributed by atoms with van der Waals surface area (Å²) < 4.78 is 1.02. The van der Waals surface area contributed by atoms with Gasteiger partial charge in [0.05, 0.1) is 5.69 Å². The van der Waals surface area contributed by atoms with Gasteiger partial charge >= 0.3 is 5.97 Å². The molecule has 0 fully saturated rings. The van der Waals surface area contributed by atoms with E-state index in [4.69, 9.17) is 0 Å². The second-order valence-corrected chi connectivity index (χ2v) is 6.84. The number of carboxylic acid groups (broad SMARTS) is 1. The Morgan fingerprint density at radius 2 is 2.32 bits per heavy atom. The highest BCUT2D eigenvalue weighted by Crippen LogP contribution is 2.26. The van der Waals surface area contributed by atoms with Crippen LogP contribution in [0.4, 0.5) is 0 Å². The van der Waals surface area contributed by atoms with Crippen LogP contribution in [-0.4, -0.2) is 22.1 Å². The van der Waals surface area contributed by atoms with Crippen LogP contribution in [0.5, 0.6) is 0 Å². The largest absolute Gasteiger partial charge is 0.480 e. The molecule has 2 rings (SSSR count). The molecule has 0 bridgehead atoms. The van der Waals surface area contributed by atoms with Gasteiger partial charge in [0, 0.05) is 22.0 Å². The third-order valence-electron chi connectivity index (χ3n) is 3.30. The van der Waals surface area contributed by atoms with E-state index in [9.17, 15) is 9.90 Å². The van der Waals surface area contributed by atoms with E-state index < -0.39 is 12.0 Å². The molecule has 1 atom stereocenters. The van der Waals surface area contributed by atoms with Gasteiger partial charge in [0.1, 0.15) is 11.0 Å². The molecule has 1 unspecified atom stereocenters.